The van der Waals surface area contributed by atoms with Crippen LogP contribution in [0, 0.1) is 0 Å². The summed E-state index contributed by atoms with van der Waals surface area (Å²) in [5.74, 6) is 0. The van der Waals surface area contributed by atoms with Crippen LogP contribution in [-0.4, -0.2) is 18.1 Å². The topological polar surface area (TPSA) is 67.1 Å². The number of halogens is 3. The highest BCUT2D eigenvalue weighted by Gasteiger charge is 2.30. The number of hydrogen-bond acceptors (Lipinski definition) is 2. The molecule has 0 unspecified atom stereocenters. The van der Waals surface area contributed by atoms with Gasteiger partial charge in [-0.1, -0.05) is 19.3 Å². The molecule has 0 aromatic heterocycles. The maximum absolute atomic E-state index is 12.4. The first-order valence-corrected chi connectivity index (χ1v) is 7.30. The Hall–Kier alpha value is -1.76. The van der Waals surface area contributed by atoms with E-state index in [1.807, 2.05) is 0 Å². The average Bonchev–Trinajstić information content (AvgIpc) is 2.46. The zero-order chi connectivity index (χ0) is 16.2. The van der Waals surface area contributed by atoms with E-state index in [0.29, 0.717) is 12.2 Å². The predicted molar refractivity (Wildman–Crippen MR) is 78.5 cm³/mol. The first kappa shape index (κ1) is 16.6. The molecule has 2 rings (SSSR count). The number of carbonyl (C=O) groups excluding carboxylic acids is 1. The van der Waals surface area contributed by atoms with Crippen molar-refractivity contribution in [1.82, 2.24) is 5.32 Å². The molecule has 7 heteroatoms. The molecule has 0 bridgehead atoms. The molecule has 0 spiro atoms. The third kappa shape index (κ3) is 4.62. The summed E-state index contributed by atoms with van der Waals surface area (Å²) in [5.41, 5.74) is 5.38. The molecule has 1 aromatic rings. The van der Waals surface area contributed by atoms with Crippen LogP contribution in [0.4, 0.5) is 23.7 Å². The number of anilines is 1. The van der Waals surface area contributed by atoms with Gasteiger partial charge < -0.3 is 16.4 Å². The number of benzene rings is 1. The number of nitrogens with one attached hydrogen (secondary N) is 2. The number of nitrogens with two attached hydrogens (primary N) is 1. The zero-order valence-corrected chi connectivity index (χ0v) is 12.2. The first-order chi connectivity index (χ1) is 10.3. The fourth-order valence-electron chi connectivity index (χ4n) is 2.61. The Morgan fingerprint density at radius 1 is 1.14 bits per heavy atom. The summed E-state index contributed by atoms with van der Waals surface area (Å²) in [4.78, 5) is 11.8. The third-order valence-electron chi connectivity index (χ3n) is 3.92. The van der Waals surface area contributed by atoms with E-state index in [1.54, 1.807) is 0 Å². The highest BCUT2D eigenvalue weighted by Crippen LogP contribution is 2.29. The molecule has 1 aliphatic rings. The normalized spacial score (nSPS) is 17.8. The second kappa shape index (κ2) is 6.56. The van der Waals surface area contributed by atoms with Crippen molar-refractivity contribution in [3.63, 3.8) is 0 Å². The number of rotatable bonds is 3. The van der Waals surface area contributed by atoms with Gasteiger partial charge in [0.1, 0.15) is 0 Å². The van der Waals surface area contributed by atoms with Crippen molar-refractivity contribution in [3.05, 3.63) is 29.8 Å². The number of carbonyl (C=O) groups is 1. The van der Waals surface area contributed by atoms with E-state index in [2.05, 4.69) is 10.6 Å². The lowest BCUT2D eigenvalue weighted by molar-refractivity contribution is -0.137. The second-order valence-electron chi connectivity index (χ2n) is 5.81. The Kier molecular flexibility index (Phi) is 4.95. The third-order valence-corrected chi connectivity index (χ3v) is 3.92. The van der Waals surface area contributed by atoms with Crippen molar-refractivity contribution in [1.29, 1.82) is 0 Å². The Balaban J connectivity index is 1.84. The summed E-state index contributed by atoms with van der Waals surface area (Å²) in [6.45, 7) is 0.361. The lowest BCUT2D eigenvalue weighted by atomic mass is 9.82. The summed E-state index contributed by atoms with van der Waals surface area (Å²) in [6.07, 6.45) is 0.628. The molecule has 4 N–H and O–H groups in total. The monoisotopic (exact) mass is 315 g/mol. The fourth-order valence-corrected chi connectivity index (χ4v) is 2.61. The van der Waals surface area contributed by atoms with Crippen molar-refractivity contribution in [2.75, 3.05) is 11.9 Å². The molecule has 1 aromatic carbocycles. The van der Waals surface area contributed by atoms with Crippen molar-refractivity contribution >= 4 is 11.7 Å². The summed E-state index contributed by atoms with van der Waals surface area (Å²) in [5, 5.41) is 5.19. The molecule has 22 heavy (non-hydrogen) atoms. The van der Waals surface area contributed by atoms with Crippen LogP contribution < -0.4 is 16.4 Å². The van der Waals surface area contributed by atoms with Gasteiger partial charge >= 0.3 is 12.2 Å². The Labute approximate surface area is 127 Å². The van der Waals surface area contributed by atoms with Gasteiger partial charge in [-0.25, -0.2) is 4.79 Å². The molecule has 0 heterocycles. The maximum atomic E-state index is 12.4. The minimum atomic E-state index is -4.38. The van der Waals surface area contributed by atoms with Gasteiger partial charge in [-0.2, -0.15) is 13.2 Å². The lowest BCUT2D eigenvalue weighted by Crippen LogP contribution is -2.52. The van der Waals surface area contributed by atoms with Gasteiger partial charge in [0.05, 0.1) is 5.56 Å². The van der Waals surface area contributed by atoms with Gasteiger partial charge in [0.2, 0.25) is 0 Å². The number of urea groups is 1. The van der Waals surface area contributed by atoms with Crippen LogP contribution in [0.25, 0.3) is 0 Å². The molecule has 0 aliphatic heterocycles. The van der Waals surface area contributed by atoms with E-state index < -0.39 is 17.8 Å². The Morgan fingerprint density at radius 3 is 2.27 bits per heavy atom. The minimum Gasteiger partial charge on any atom is -0.336 e. The Morgan fingerprint density at radius 2 is 1.73 bits per heavy atom. The van der Waals surface area contributed by atoms with Gasteiger partial charge in [0, 0.05) is 17.8 Å². The Bertz CT molecular complexity index is 508. The largest absolute Gasteiger partial charge is 0.416 e. The highest BCUT2D eigenvalue weighted by molar-refractivity contribution is 5.89. The second-order valence-corrected chi connectivity index (χ2v) is 5.81. The van der Waals surface area contributed by atoms with Gasteiger partial charge in [-0.15, -0.1) is 0 Å². The zero-order valence-electron chi connectivity index (χ0n) is 12.2. The molecule has 0 atom stereocenters. The molecular formula is C15H20F3N3O. The average molecular weight is 315 g/mol. The van der Waals surface area contributed by atoms with E-state index in [1.165, 1.54) is 12.1 Å². The molecular weight excluding hydrogens is 295 g/mol. The van der Waals surface area contributed by atoms with Crippen LogP contribution in [0.3, 0.4) is 0 Å². The number of alkyl halides is 3. The fraction of sp³-hybridized carbons (Fsp3) is 0.533. The standard InChI is InChI=1S/C15H20F3N3O/c16-15(17,18)11-4-6-12(7-5-11)21-13(22)20-10-14(19)8-2-1-3-9-14/h4-7H,1-3,8-10,19H2,(H2,20,21,22). The summed E-state index contributed by atoms with van der Waals surface area (Å²) in [7, 11) is 0. The molecule has 1 fully saturated rings. The van der Waals surface area contributed by atoms with Gasteiger partial charge in [-0.05, 0) is 37.1 Å². The number of amides is 2. The quantitative estimate of drug-likeness (QED) is 0.799. The molecule has 1 aliphatic carbocycles. The van der Waals surface area contributed by atoms with Crippen LogP contribution in [0.1, 0.15) is 37.7 Å². The van der Waals surface area contributed by atoms with E-state index in [4.69, 9.17) is 5.73 Å². The summed E-state index contributed by atoms with van der Waals surface area (Å²) in [6, 6.07) is 3.85. The van der Waals surface area contributed by atoms with Crippen molar-refractivity contribution in [2.45, 2.75) is 43.8 Å². The predicted octanol–water partition coefficient (Wildman–Crippen LogP) is 3.49. The van der Waals surface area contributed by atoms with Crippen LogP contribution in [-0.2, 0) is 6.18 Å². The van der Waals surface area contributed by atoms with Crippen LogP contribution in [0.2, 0.25) is 0 Å². The van der Waals surface area contributed by atoms with Crippen LogP contribution in [0.15, 0.2) is 24.3 Å². The molecule has 0 radical (unpaired) electrons. The minimum absolute atomic E-state index is 0.306. The van der Waals surface area contributed by atoms with E-state index in [9.17, 15) is 18.0 Å². The van der Waals surface area contributed by atoms with E-state index in [-0.39, 0.29) is 5.54 Å². The van der Waals surface area contributed by atoms with Gasteiger partial charge in [-0.3, -0.25) is 0 Å². The molecule has 4 nitrogen and oxygen atoms in total. The van der Waals surface area contributed by atoms with E-state index >= 15 is 0 Å². The molecule has 122 valence electrons. The van der Waals surface area contributed by atoms with Crippen molar-refractivity contribution < 1.29 is 18.0 Å². The van der Waals surface area contributed by atoms with E-state index in [0.717, 1.165) is 44.2 Å². The van der Waals surface area contributed by atoms with Crippen molar-refractivity contribution in [2.24, 2.45) is 5.73 Å². The summed E-state index contributed by atoms with van der Waals surface area (Å²) >= 11 is 0. The van der Waals surface area contributed by atoms with Crippen LogP contribution >= 0.6 is 0 Å². The highest BCUT2D eigenvalue weighted by atomic mass is 19.4. The molecule has 2 amide bonds. The first-order valence-electron chi connectivity index (χ1n) is 7.30. The maximum Gasteiger partial charge on any atom is 0.416 e. The van der Waals surface area contributed by atoms with Gasteiger partial charge in [0.25, 0.3) is 0 Å². The smallest absolute Gasteiger partial charge is 0.336 e. The molecule has 1 saturated carbocycles. The number of hydrogen-bond donors (Lipinski definition) is 3. The van der Waals surface area contributed by atoms with Crippen LogP contribution in [0.5, 0.6) is 0 Å². The molecule has 0 saturated heterocycles. The SMILES string of the molecule is NC1(CNC(=O)Nc2ccc(C(F)(F)F)cc2)CCCCC1. The van der Waals surface area contributed by atoms with Crippen molar-refractivity contribution in [3.8, 4) is 0 Å². The lowest BCUT2D eigenvalue weighted by Gasteiger charge is -2.33. The summed E-state index contributed by atoms with van der Waals surface area (Å²) < 4.78 is 37.3. The van der Waals surface area contributed by atoms with Gasteiger partial charge in [0.15, 0.2) is 0 Å².